The van der Waals surface area contributed by atoms with Crippen molar-refractivity contribution in [3.63, 3.8) is 0 Å². The van der Waals surface area contributed by atoms with E-state index in [9.17, 15) is 4.79 Å². The first kappa shape index (κ1) is 15.1. The van der Waals surface area contributed by atoms with Crippen LogP contribution in [0.15, 0.2) is 29.2 Å². The van der Waals surface area contributed by atoms with Gasteiger partial charge in [-0.05, 0) is 38.0 Å². The summed E-state index contributed by atoms with van der Waals surface area (Å²) in [5, 5.41) is 12.0. The molecule has 0 unspecified atom stereocenters. The van der Waals surface area contributed by atoms with E-state index in [2.05, 4.69) is 12.2 Å². The minimum Gasteiger partial charge on any atom is -0.392 e. The second-order valence-corrected chi connectivity index (χ2v) is 5.93. The van der Waals surface area contributed by atoms with Gasteiger partial charge >= 0.3 is 0 Å². The maximum absolute atomic E-state index is 11.8. The Hall–Kier alpha value is -1.00. The fraction of sp³-hybridized carbons (Fsp3) is 0.500. The van der Waals surface area contributed by atoms with Gasteiger partial charge in [0, 0.05) is 10.4 Å². The van der Waals surface area contributed by atoms with Crippen LogP contribution in [0.5, 0.6) is 0 Å². The highest BCUT2D eigenvalue weighted by molar-refractivity contribution is 8.00. The van der Waals surface area contributed by atoms with Crippen molar-refractivity contribution in [2.45, 2.75) is 44.2 Å². The molecule has 0 aliphatic heterocycles. The summed E-state index contributed by atoms with van der Waals surface area (Å²) < 4.78 is 0. The van der Waals surface area contributed by atoms with Crippen molar-refractivity contribution >= 4 is 17.7 Å². The number of hydrogen-bond acceptors (Lipinski definition) is 3. The molecule has 2 N–H and O–H groups in total. The number of hydrogen-bond donors (Lipinski definition) is 2. The number of aliphatic hydroxyl groups excluding tert-OH is 1. The smallest absolute Gasteiger partial charge is 0.230 e. The van der Waals surface area contributed by atoms with Crippen LogP contribution in [-0.4, -0.2) is 22.3 Å². The molecule has 0 radical (unpaired) electrons. The molecule has 0 saturated carbocycles. The number of carbonyl (C=O) groups is 1. The molecule has 0 aliphatic carbocycles. The van der Waals surface area contributed by atoms with Crippen LogP contribution in [0.2, 0.25) is 0 Å². The van der Waals surface area contributed by atoms with Crippen molar-refractivity contribution in [1.29, 1.82) is 0 Å². The molecule has 100 valence electrons. The fourth-order valence-corrected chi connectivity index (χ4v) is 2.16. The molecule has 4 heteroatoms. The molecule has 1 aromatic rings. The Morgan fingerprint density at radius 3 is 2.78 bits per heavy atom. The fourth-order valence-electron chi connectivity index (χ4n) is 1.38. The van der Waals surface area contributed by atoms with Gasteiger partial charge in [-0.2, -0.15) is 0 Å². The SMILES string of the molecule is CCC(C)(C)NC(=O)CSc1cccc(CO)c1. The molecule has 0 aliphatic rings. The summed E-state index contributed by atoms with van der Waals surface area (Å²) >= 11 is 1.49. The standard InChI is InChI=1S/C14H21NO2S/c1-4-14(2,3)15-13(17)10-18-12-7-5-6-11(8-12)9-16/h5-8,16H,4,9-10H2,1-3H3,(H,15,17). The van der Waals surface area contributed by atoms with E-state index in [0.717, 1.165) is 16.9 Å². The van der Waals surface area contributed by atoms with E-state index in [4.69, 9.17) is 5.11 Å². The monoisotopic (exact) mass is 267 g/mol. The quantitative estimate of drug-likeness (QED) is 0.779. The van der Waals surface area contributed by atoms with Gasteiger partial charge in [-0.3, -0.25) is 4.79 Å². The van der Waals surface area contributed by atoms with Crippen molar-refractivity contribution in [3.8, 4) is 0 Å². The molecule has 3 nitrogen and oxygen atoms in total. The highest BCUT2D eigenvalue weighted by Crippen LogP contribution is 2.19. The highest BCUT2D eigenvalue weighted by atomic mass is 32.2. The lowest BCUT2D eigenvalue weighted by Crippen LogP contribution is -2.43. The van der Waals surface area contributed by atoms with Crippen molar-refractivity contribution in [2.24, 2.45) is 0 Å². The van der Waals surface area contributed by atoms with Crippen LogP contribution in [0, 0.1) is 0 Å². The van der Waals surface area contributed by atoms with Crippen molar-refractivity contribution < 1.29 is 9.90 Å². The van der Waals surface area contributed by atoms with Crippen LogP contribution in [0.4, 0.5) is 0 Å². The number of rotatable bonds is 6. The Morgan fingerprint density at radius 2 is 2.17 bits per heavy atom. The summed E-state index contributed by atoms with van der Waals surface area (Å²) in [7, 11) is 0. The zero-order chi connectivity index (χ0) is 13.6. The van der Waals surface area contributed by atoms with Crippen LogP contribution in [0.3, 0.4) is 0 Å². The molecular weight excluding hydrogens is 246 g/mol. The van der Waals surface area contributed by atoms with Crippen molar-refractivity contribution in [2.75, 3.05) is 5.75 Å². The predicted molar refractivity (Wildman–Crippen MR) is 75.6 cm³/mol. The molecule has 1 aromatic carbocycles. The van der Waals surface area contributed by atoms with Crippen molar-refractivity contribution in [3.05, 3.63) is 29.8 Å². The van der Waals surface area contributed by atoms with Gasteiger partial charge < -0.3 is 10.4 Å². The number of aliphatic hydroxyl groups is 1. The maximum Gasteiger partial charge on any atom is 0.230 e. The van der Waals surface area contributed by atoms with E-state index in [1.807, 2.05) is 38.1 Å². The number of amides is 1. The van der Waals surface area contributed by atoms with Crippen LogP contribution in [-0.2, 0) is 11.4 Å². The van der Waals surface area contributed by atoms with Gasteiger partial charge in [0.2, 0.25) is 5.91 Å². The number of thioether (sulfide) groups is 1. The first-order valence-electron chi connectivity index (χ1n) is 6.10. The Kier molecular flexibility index (Phi) is 5.69. The largest absolute Gasteiger partial charge is 0.392 e. The van der Waals surface area contributed by atoms with Gasteiger partial charge in [0.15, 0.2) is 0 Å². The normalized spacial score (nSPS) is 11.3. The van der Waals surface area contributed by atoms with Crippen LogP contribution in [0.1, 0.15) is 32.8 Å². The van der Waals surface area contributed by atoms with Gasteiger partial charge in [0.1, 0.15) is 0 Å². The molecule has 0 heterocycles. The molecule has 0 spiro atoms. The lowest BCUT2D eigenvalue weighted by atomic mass is 10.0. The average molecular weight is 267 g/mol. The summed E-state index contributed by atoms with van der Waals surface area (Å²) in [5.74, 6) is 0.444. The lowest BCUT2D eigenvalue weighted by molar-refractivity contribution is -0.120. The predicted octanol–water partition coefficient (Wildman–Crippen LogP) is 2.58. The van der Waals surface area contributed by atoms with E-state index in [-0.39, 0.29) is 18.1 Å². The first-order valence-corrected chi connectivity index (χ1v) is 7.09. The highest BCUT2D eigenvalue weighted by Gasteiger charge is 2.17. The minimum absolute atomic E-state index is 0.0312. The third-order valence-electron chi connectivity index (χ3n) is 2.81. The molecule has 0 bridgehead atoms. The van der Waals surface area contributed by atoms with E-state index >= 15 is 0 Å². The zero-order valence-corrected chi connectivity index (χ0v) is 12.0. The molecular formula is C14H21NO2S. The molecule has 0 aromatic heterocycles. The molecule has 0 atom stereocenters. The molecule has 18 heavy (non-hydrogen) atoms. The average Bonchev–Trinajstić information content (AvgIpc) is 2.36. The number of carbonyl (C=O) groups excluding carboxylic acids is 1. The van der Waals surface area contributed by atoms with Gasteiger partial charge in [-0.25, -0.2) is 0 Å². The van der Waals surface area contributed by atoms with Gasteiger partial charge in [0.05, 0.1) is 12.4 Å². The van der Waals surface area contributed by atoms with Gasteiger partial charge in [0.25, 0.3) is 0 Å². The summed E-state index contributed by atoms with van der Waals surface area (Å²) in [4.78, 5) is 12.8. The molecule has 0 saturated heterocycles. The van der Waals surface area contributed by atoms with Crippen molar-refractivity contribution in [1.82, 2.24) is 5.32 Å². The van der Waals surface area contributed by atoms with E-state index in [0.29, 0.717) is 5.75 Å². The Morgan fingerprint density at radius 1 is 1.44 bits per heavy atom. The Balaban J connectivity index is 2.47. The van der Waals surface area contributed by atoms with E-state index in [1.54, 1.807) is 0 Å². The Bertz CT molecular complexity index is 405. The third-order valence-corrected chi connectivity index (χ3v) is 3.81. The van der Waals surface area contributed by atoms with Crippen LogP contribution < -0.4 is 5.32 Å². The van der Waals surface area contributed by atoms with Crippen LogP contribution in [0.25, 0.3) is 0 Å². The summed E-state index contributed by atoms with van der Waals surface area (Å²) in [6.07, 6.45) is 0.906. The van der Waals surface area contributed by atoms with Gasteiger partial charge in [-0.15, -0.1) is 11.8 Å². The Labute approximate surface area is 113 Å². The first-order chi connectivity index (χ1) is 8.46. The minimum atomic E-state index is -0.148. The molecule has 1 amide bonds. The second kappa shape index (κ2) is 6.81. The van der Waals surface area contributed by atoms with Crippen LogP contribution >= 0.6 is 11.8 Å². The third kappa shape index (κ3) is 5.10. The number of benzene rings is 1. The molecule has 0 fully saturated rings. The lowest BCUT2D eigenvalue weighted by Gasteiger charge is -2.24. The summed E-state index contributed by atoms with van der Waals surface area (Å²) in [6, 6.07) is 7.61. The topological polar surface area (TPSA) is 49.3 Å². The van der Waals surface area contributed by atoms with Gasteiger partial charge in [-0.1, -0.05) is 19.1 Å². The summed E-state index contributed by atoms with van der Waals surface area (Å²) in [5.41, 5.74) is 0.721. The second-order valence-electron chi connectivity index (χ2n) is 4.88. The maximum atomic E-state index is 11.8. The molecule has 1 rings (SSSR count). The zero-order valence-electron chi connectivity index (χ0n) is 11.2. The van der Waals surface area contributed by atoms with E-state index < -0.39 is 0 Å². The summed E-state index contributed by atoms with van der Waals surface area (Å²) in [6.45, 7) is 6.12. The number of nitrogens with one attached hydrogen (secondary N) is 1. The van der Waals surface area contributed by atoms with E-state index in [1.165, 1.54) is 11.8 Å².